The monoisotopic (exact) mass is 237 g/mol. The highest BCUT2D eigenvalue weighted by atomic mass is 35.5. The normalized spacial score (nSPS) is 17.2. The second-order valence-electron chi connectivity index (χ2n) is 4.22. The van der Waals surface area contributed by atoms with Gasteiger partial charge in [0, 0.05) is 11.1 Å². The first-order valence-corrected chi connectivity index (χ1v) is 5.92. The number of fused-ring (bicyclic) bond motifs is 1. The zero-order valence-electron chi connectivity index (χ0n) is 9.12. The van der Waals surface area contributed by atoms with Gasteiger partial charge in [0.15, 0.2) is 0 Å². The number of aliphatic hydroxyl groups excluding tert-OH is 1. The van der Waals surface area contributed by atoms with Crippen LogP contribution >= 0.6 is 11.6 Å². The Bertz CT molecular complexity index is 414. The third-order valence-electron chi connectivity index (χ3n) is 3.00. The number of hydrogen-bond donors (Lipinski definition) is 2. The number of halogens is 1. The Hall–Kier alpha value is -0.830. The van der Waals surface area contributed by atoms with Crippen molar-refractivity contribution in [3.05, 3.63) is 41.0 Å². The van der Waals surface area contributed by atoms with Crippen LogP contribution in [0.2, 0.25) is 0 Å². The van der Waals surface area contributed by atoms with Gasteiger partial charge in [-0.3, -0.25) is 0 Å². The predicted octanol–water partition coefficient (Wildman–Crippen LogP) is 2.29. The van der Waals surface area contributed by atoms with Crippen LogP contribution in [0.15, 0.2) is 29.8 Å². The van der Waals surface area contributed by atoms with E-state index in [1.54, 1.807) is 0 Å². The van der Waals surface area contributed by atoms with Crippen molar-refractivity contribution in [1.29, 1.82) is 0 Å². The fourth-order valence-electron chi connectivity index (χ4n) is 2.11. The minimum Gasteiger partial charge on any atom is -0.395 e. The lowest BCUT2D eigenvalue weighted by Gasteiger charge is -2.21. The van der Waals surface area contributed by atoms with Gasteiger partial charge < -0.3 is 10.8 Å². The summed E-state index contributed by atoms with van der Waals surface area (Å²) < 4.78 is 0. The molecule has 3 N–H and O–H groups in total. The van der Waals surface area contributed by atoms with Gasteiger partial charge in [0.2, 0.25) is 0 Å². The minimum atomic E-state index is -0.200. The van der Waals surface area contributed by atoms with Crippen molar-refractivity contribution in [2.24, 2.45) is 5.73 Å². The van der Waals surface area contributed by atoms with Crippen molar-refractivity contribution in [3.8, 4) is 0 Å². The first kappa shape index (κ1) is 11.6. The summed E-state index contributed by atoms with van der Waals surface area (Å²) in [5.41, 5.74) is 9.33. The van der Waals surface area contributed by atoms with E-state index >= 15 is 0 Å². The van der Waals surface area contributed by atoms with Crippen molar-refractivity contribution < 1.29 is 5.11 Å². The summed E-state index contributed by atoms with van der Waals surface area (Å²) in [4.78, 5) is 0. The summed E-state index contributed by atoms with van der Waals surface area (Å²) in [6, 6.07) is 7.99. The molecule has 0 bridgehead atoms. The molecule has 1 aromatic carbocycles. The molecule has 0 aromatic heterocycles. The largest absolute Gasteiger partial charge is 0.395 e. The number of hydrogen-bond acceptors (Lipinski definition) is 2. The van der Waals surface area contributed by atoms with Crippen molar-refractivity contribution in [2.45, 2.75) is 25.3 Å². The average molecular weight is 238 g/mol. The van der Waals surface area contributed by atoms with Crippen LogP contribution in [0.1, 0.15) is 24.0 Å². The topological polar surface area (TPSA) is 46.2 Å². The van der Waals surface area contributed by atoms with E-state index in [4.69, 9.17) is 22.4 Å². The molecule has 2 rings (SSSR count). The Labute approximate surface area is 101 Å². The Kier molecular flexibility index (Phi) is 3.64. The zero-order valence-corrected chi connectivity index (χ0v) is 9.87. The molecule has 0 amide bonds. The van der Waals surface area contributed by atoms with Crippen LogP contribution in [0, 0.1) is 0 Å². The predicted molar refractivity (Wildman–Crippen MR) is 67.2 cm³/mol. The van der Waals surface area contributed by atoms with Crippen LogP contribution in [0.5, 0.6) is 0 Å². The van der Waals surface area contributed by atoms with Crippen LogP contribution in [0.25, 0.3) is 5.03 Å². The number of nitrogens with two attached hydrogens (primary N) is 1. The van der Waals surface area contributed by atoms with Crippen LogP contribution < -0.4 is 5.73 Å². The SMILES string of the molecule is NC(CO)CC1=C(Cl)c2ccccc2CC1. The molecule has 1 aliphatic rings. The van der Waals surface area contributed by atoms with E-state index in [-0.39, 0.29) is 12.6 Å². The quantitative estimate of drug-likeness (QED) is 0.848. The van der Waals surface area contributed by atoms with E-state index in [0.717, 1.165) is 23.4 Å². The fraction of sp³-hybridized carbons (Fsp3) is 0.385. The lowest BCUT2D eigenvalue weighted by Crippen LogP contribution is -2.25. The Morgan fingerprint density at radius 3 is 2.81 bits per heavy atom. The maximum atomic E-state index is 8.96. The summed E-state index contributed by atoms with van der Waals surface area (Å²) in [6.45, 7) is 0.00924. The number of aryl methyl sites for hydroxylation is 1. The second-order valence-corrected chi connectivity index (χ2v) is 4.60. The Morgan fingerprint density at radius 2 is 2.06 bits per heavy atom. The van der Waals surface area contributed by atoms with Gasteiger partial charge in [0.1, 0.15) is 0 Å². The molecule has 0 radical (unpaired) electrons. The zero-order chi connectivity index (χ0) is 11.5. The van der Waals surface area contributed by atoms with E-state index in [1.807, 2.05) is 18.2 Å². The van der Waals surface area contributed by atoms with Crippen molar-refractivity contribution in [2.75, 3.05) is 6.61 Å². The van der Waals surface area contributed by atoms with E-state index in [0.29, 0.717) is 6.42 Å². The molecule has 1 aromatic rings. The molecule has 2 nitrogen and oxygen atoms in total. The summed E-state index contributed by atoms with van der Waals surface area (Å²) in [6.07, 6.45) is 2.65. The standard InChI is InChI=1S/C13H16ClNO/c14-13-10(7-11(15)8-16)6-5-9-3-1-2-4-12(9)13/h1-4,11,16H,5-8,15H2. The number of rotatable bonds is 3. The lowest BCUT2D eigenvalue weighted by molar-refractivity contribution is 0.264. The molecule has 0 spiro atoms. The number of aliphatic hydroxyl groups is 1. The summed E-state index contributed by atoms with van der Waals surface area (Å²) in [7, 11) is 0. The van der Waals surface area contributed by atoms with Crippen LogP contribution in [-0.4, -0.2) is 17.8 Å². The van der Waals surface area contributed by atoms with Gasteiger partial charge in [-0.1, -0.05) is 35.9 Å². The molecular weight excluding hydrogens is 222 g/mol. The molecule has 0 fully saturated rings. The molecule has 0 saturated carbocycles. The maximum Gasteiger partial charge on any atom is 0.0585 e. The van der Waals surface area contributed by atoms with E-state index < -0.39 is 0 Å². The average Bonchev–Trinajstić information content (AvgIpc) is 2.33. The lowest BCUT2D eigenvalue weighted by atomic mass is 9.89. The minimum absolute atomic E-state index is 0.00924. The second kappa shape index (κ2) is 5.00. The molecule has 0 aliphatic heterocycles. The Morgan fingerprint density at radius 1 is 1.31 bits per heavy atom. The molecule has 16 heavy (non-hydrogen) atoms. The molecule has 86 valence electrons. The summed E-state index contributed by atoms with van der Waals surface area (Å²) in [5, 5.41) is 9.78. The third kappa shape index (κ3) is 2.29. The van der Waals surface area contributed by atoms with Gasteiger partial charge in [-0.25, -0.2) is 0 Å². The maximum absolute atomic E-state index is 8.96. The van der Waals surface area contributed by atoms with Gasteiger partial charge in [0.25, 0.3) is 0 Å². The van der Waals surface area contributed by atoms with E-state index in [9.17, 15) is 0 Å². The molecule has 0 saturated heterocycles. The van der Waals surface area contributed by atoms with Crippen LogP contribution in [-0.2, 0) is 6.42 Å². The molecule has 1 atom stereocenters. The van der Waals surface area contributed by atoms with Crippen molar-refractivity contribution in [3.63, 3.8) is 0 Å². The highest BCUT2D eigenvalue weighted by Gasteiger charge is 2.18. The van der Waals surface area contributed by atoms with E-state index in [2.05, 4.69) is 6.07 Å². The fourth-order valence-corrected chi connectivity index (χ4v) is 2.47. The van der Waals surface area contributed by atoms with Crippen molar-refractivity contribution in [1.82, 2.24) is 0 Å². The third-order valence-corrected chi connectivity index (χ3v) is 3.47. The molecule has 1 aliphatic carbocycles. The molecule has 0 heterocycles. The summed E-state index contributed by atoms with van der Waals surface area (Å²) >= 11 is 6.36. The van der Waals surface area contributed by atoms with Gasteiger partial charge >= 0.3 is 0 Å². The first-order chi connectivity index (χ1) is 7.72. The van der Waals surface area contributed by atoms with Crippen LogP contribution in [0.4, 0.5) is 0 Å². The first-order valence-electron chi connectivity index (χ1n) is 5.54. The van der Waals surface area contributed by atoms with Gasteiger partial charge in [-0.15, -0.1) is 0 Å². The molecule has 1 unspecified atom stereocenters. The Balaban J connectivity index is 2.28. The van der Waals surface area contributed by atoms with E-state index in [1.165, 1.54) is 11.1 Å². The van der Waals surface area contributed by atoms with Crippen molar-refractivity contribution >= 4 is 16.6 Å². The van der Waals surface area contributed by atoms with Gasteiger partial charge in [0.05, 0.1) is 6.61 Å². The summed E-state index contributed by atoms with van der Waals surface area (Å²) in [5.74, 6) is 0. The number of benzene rings is 1. The highest BCUT2D eigenvalue weighted by Crippen LogP contribution is 2.35. The highest BCUT2D eigenvalue weighted by molar-refractivity contribution is 6.49. The van der Waals surface area contributed by atoms with Crippen LogP contribution in [0.3, 0.4) is 0 Å². The molecule has 3 heteroatoms. The van der Waals surface area contributed by atoms with Gasteiger partial charge in [-0.05, 0) is 36.0 Å². The smallest absolute Gasteiger partial charge is 0.0585 e. The molecular formula is C13H16ClNO. The van der Waals surface area contributed by atoms with Gasteiger partial charge in [-0.2, -0.15) is 0 Å².